The van der Waals surface area contributed by atoms with Crippen LogP contribution in [0.5, 0.6) is 0 Å². The highest BCUT2D eigenvalue weighted by atomic mass is 16.1. The summed E-state index contributed by atoms with van der Waals surface area (Å²) < 4.78 is 0. The number of hydrogen-bond donors (Lipinski definition) is 2. The number of nitrogens with zero attached hydrogens (tertiary/aromatic N) is 2. The van der Waals surface area contributed by atoms with Gasteiger partial charge in [0.15, 0.2) is 0 Å². The van der Waals surface area contributed by atoms with Gasteiger partial charge in [0.2, 0.25) is 0 Å². The lowest BCUT2D eigenvalue weighted by atomic mass is 10.2. The van der Waals surface area contributed by atoms with E-state index < -0.39 is 0 Å². The van der Waals surface area contributed by atoms with Crippen molar-refractivity contribution in [1.82, 2.24) is 9.97 Å². The van der Waals surface area contributed by atoms with Crippen LogP contribution in [0.1, 0.15) is 10.4 Å². The zero-order chi connectivity index (χ0) is 14.7. The van der Waals surface area contributed by atoms with Crippen LogP contribution in [0.4, 0.5) is 11.5 Å². The number of rotatable bonds is 3. The van der Waals surface area contributed by atoms with Gasteiger partial charge in [-0.1, -0.05) is 6.07 Å². The number of carbonyl (C=O) groups excluding carboxylic acids is 1. The highest BCUT2D eigenvalue weighted by Gasteiger charge is 2.07. The van der Waals surface area contributed by atoms with Crippen molar-refractivity contribution >= 4 is 28.3 Å². The van der Waals surface area contributed by atoms with Crippen molar-refractivity contribution in [3.05, 3.63) is 60.4 Å². The van der Waals surface area contributed by atoms with Gasteiger partial charge in [-0.3, -0.25) is 9.78 Å². The average Bonchev–Trinajstić information content (AvgIpc) is 2.55. The second kappa shape index (κ2) is 5.58. The van der Waals surface area contributed by atoms with Crippen molar-refractivity contribution in [2.24, 2.45) is 0 Å². The van der Waals surface area contributed by atoms with E-state index in [1.807, 2.05) is 30.3 Å². The van der Waals surface area contributed by atoms with Gasteiger partial charge in [-0.2, -0.15) is 0 Å². The Balaban J connectivity index is 1.81. The summed E-state index contributed by atoms with van der Waals surface area (Å²) in [6.45, 7) is 0. The zero-order valence-electron chi connectivity index (χ0n) is 11.5. The Hall–Kier alpha value is -2.95. The first-order valence-electron chi connectivity index (χ1n) is 6.56. The first-order chi connectivity index (χ1) is 10.3. The fraction of sp³-hybridized carbons (Fsp3) is 0.0625. The van der Waals surface area contributed by atoms with E-state index >= 15 is 0 Å². The summed E-state index contributed by atoms with van der Waals surface area (Å²) in [5.41, 5.74) is 2.15. The molecule has 0 radical (unpaired) electrons. The van der Waals surface area contributed by atoms with Crippen molar-refractivity contribution in [2.45, 2.75) is 0 Å². The molecule has 0 aliphatic rings. The Bertz CT molecular complexity index is 784. The number of anilines is 2. The molecule has 3 aromatic rings. The first kappa shape index (κ1) is 13.1. The molecule has 0 saturated carbocycles. The predicted molar refractivity (Wildman–Crippen MR) is 83.5 cm³/mol. The van der Waals surface area contributed by atoms with Gasteiger partial charge in [-0.05, 0) is 36.4 Å². The third kappa shape index (κ3) is 2.81. The Kier molecular flexibility index (Phi) is 3.47. The van der Waals surface area contributed by atoms with E-state index in [9.17, 15) is 4.79 Å². The van der Waals surface area contributed by atoms with Gasteiger partial charge in [0.05, 0.1) is 11.1 Å². The number of benzene rings is 1. The van der Waals surface area contributed by atoms with E-state index in [1.54, 1.807) is 31.6 Å². The second-order valence-electron chi connectivity index (χ2n) is 4.55. The van der Waals surface area contributed by atoms with Crippen molar-refractivity contribution in [2.75, 3.05) is 17.7 Å². The van der Waals surface area contributed by atoms with Crippen LogP contribution in [0.25, 0.3) is 10.9 Å². The molecule has 0 unspecified atom stereocenters. The third-order valence-electron chi connectivity index (χ3n) is 3.14. The van der Waals surface area contributed by atoms with Crippen LogP contribution < -0.4 is 10.6 Å². The molecule has 0 atom stereocenters. The number of hydrogen-bond acceptors (Lipinski definition) is 4. The monoisotopic (exact) mass is 278 g/mol. The quantitative estimate of drug-likeness (QED) is 0.773. The molecule has 1 aromatic carbocycles. The molecule has 0 saturated heterocycles. The van der Waals surface area contributed by atoms with Gasteiger partial charge in [0.25, 0.3) is 5.91 Å². The van der Waals surface area contributed by atoms with Gasteiger partial charge < -0.3 is 10.6 Å². The molecule has 0 fully saturated rings. The minimum Gasteiger partial charge on any atom is -0.373 e. The smallest absolute Gasteiger partial charge is 0.257 e. The van der Waals surface area contributed by atoms with E-state index in [0.717, 1.165) is 22.4 Å². The van der Waals surface area contributed by atoms with E-state index in [2.05, 4.69) is 20.6 Å². The van der Waals surface area contributed by atoms with E-state index in [-0.39, 0.29) is 5.91 Å². The largest absolute Gasteiger partial charge is 0.373 e. The summed E-state index contributed by atoms with van der Waals surface area (Å²) in [4.78, 5) is 20.5. The molecule has 1 amide bonds. The minimum absolute atomic E-state index is 0.187. The van der Waals surface area contributed by atoms with Gasteiger partial charge in [0.1, 0.15) is 5.82 Å². The van der Waals surface area contributed by atoms with E-state index in [1.165, 1.54) is 0 Å². The highest BCUT2D eigenvalue weighted by Crippen LogP contribution is 2.17. The number of pyridine rings is 2. The maximum Gasteiger partial charge on any atom is 0.257 e. The molecule has 0 spiro atoms. The average molecular weight is 278 g/mol. The summed E-state index contributed by atoms with van der Waals surface area (Å²) in [6, 6.07) is 12.9. The second-order valence-corrected chi connectivity index (χ2v) is 4.55. The molecule has 3 rings (SSSR count). The van der Waals surface area contributed by atoms with Gasteiger partial charge >= 0.3 is 0 Å². The van der Waals surface area contributed by atoms with Crippen LogP contribution in [-0.4, -0.2) is 22.9 Å². The van der Waals surface area contributed by atoms with E-state index in [0.29, 0.717) is 5.56 Å². The summed E-state index contributed by atoms with van der Waals surface area (Å²) >= 11 is 0. The summed E-state index contributed by atoms with van der Waals surface area (Å²) in [5.74, 6) is 0.539. The molecule has 0 bridgehead atoms. The van der Waals surface area contributed by atoms with Crippen molar-refractivity contribution in [3.63, 3.8) is 0 Å². The van der Waals surface area contributed by atoms with Crippen LogP contribution in [-0.2, 0) is 0 Å². The number of nitrogens with one attached hydrogen (secondary N) is 2. The Labute approximate surface area is 122 Å². The molecular weight excluding hydrogens is 264 g/mol. The fourth-order valence-corrected chi connectivity index (χ4v) is 2.03. The van der Waals surface area contributed by atoms with Crippen LogP contribution in [0.15, 0.2) is 54.9 Å². The number of aromatic nitrogens is 2. The lowest BCUT2D eigenvalue weighted by Gasteiger charge is -2.07. The summed E-state index contributed by atoms with van der Waals surface area (Å²) in [6.07, 6.45) is 3.29. The third-order valence-corrected chi connectivity index (χ3v) is 3.14. The Morgan fingerprint density at radius 2 is 2.00 bits per heavy atom. The molecule has 0 aliphatic carbocycles. The molecule has 21 heavy (non-hydrogen) atoms. The number of carbonyl (C=O) groups is 1. The van der Waals surface area contributed by atoms with Crippen LogP contribution >= 0.6 is 0 Å². The topological polar surface area (TPSA) is 66.9 Å². The minimum atomic E-state index is -0.187. The maximum absolute atomic E-state index is 12.2. The Morgan fingerprint density at radius 1 is 1.10 bits per heavy atom. The van der Waals surface area contributed by atoms with Crippen LogP contribution in [0.2, 0.25) is 0 Å². The van der Waals surface area contributed by atoms with Crippen molar-refractivity contribution in [3.8, 4) is 0 Å². The molecule has 2 aromatic heterocycles. The number of amides is 1. The van der Waals surface area contributed by atoms with Crippen LogP contribution in [0.3, 0.4) is 0 Å². The Morgan fingerprint density at radius 3 is 2.76 bits per heavy atom. The molecule has 2 N–H and O–H groups in total. The highest BCUT2D eigenvalue weighted by molar-refractivity contribution is 6.05. The number of fused-ring (bicyclic) bond motifs is 1. The molecule has 5 nitrogen and oxygen atoms in total. The van der Waals surface area contributed by atoms with Crippen molar-refractivity contribution < 1.29 is 4.79 Å². The zero-order valence-corrected chi connectivity index (χ0v) is 11.5. The first-order valence-corrected chi connectivity index (χ1v) is 6.56. The van der Waals surface area contributed by atoms with Gasteiger partial charge in [-0.25, -0.2) is 4.98 Å². The standard InChI is InChI=1S/C16H14N4O/c1-17-15-7-4-12(10-19-15)16(21)20-13-5-6-14-11(9-13)3-2-8-18-14/h2-10H,1H3,(H,17,19)(H,20,21). The molecule has 104 valence electrons. The summed E-state index contributed by atoms with van der Waals surface area (Å²) in [7, 11) is 1.78. The molecule has 2 heterocycles. The predicted octanol–water partition coefficient (Wildman–Crippen LogP) is 2.92. The lowest BCUT2D eigenvalue weighted by Crippen LogP contribution is -2.12. The van der Waals surface area contributed by atoms with Crippen molar-refractivity contribution in [1.29, 1.82) is 0 Å². The van der Waals surface area contributed by atoms with Gasteiger partial charge in [-0.15, -0.1) is 0 Å². The fourth-order valence-electron chi connectivity index (χ4n) is 2.03. The van der Waals surface area contributed by atoms with Crippen LogP contribution in [0, 0.1) is 0 Å². The lowest BCUT2D eigenvalue weighted by molar-refractivity contribution is 0.102. The molecule has 0 aliphatic heterocycles. The van der Waals surface area contributed by atoms with E-state index in [4.69, 9.17) is 0 Å². The maximum atomic E-state index is 12.2. The van der Waals surface area contributed by atoms with Gasteiger partial charge in [0, 0.05) is 30.5 Å². The SMILES string of the molecule is CNc1ccc(C(=O)Nc2ccc3ncccc3c2)cn1. The molecule has 5 heteroatoms. The normalized spacial score (nSPS) is 10.3. The summed E-state index contributed by atoms with van der Waals surface area (Å²) in [5, 5.41) is 6.76. The molecular formula is C16H14N4O.